The Hall–Kier alpha value is 0.950. The summed E-state index contributed by atoms with van der Waals surface area (Å²) in [5.41, 5.74) is 0. The number of halogens is 4. The molecule has 9 heteroatoms. The fraction of sp³-hybridized carbons (Fsp3) is 0.941. The summed E-state index contributed by atoms with van der Waals surface area (Å²) in [6.45, 7) is 5.68. The highest BCUT2D eigenvalue weighted by Crippen LogP contribution is 2.41. The van der Waals surface area contributed by atoms with Crippen LogP contribution in [0.3, 0.4) is 0 Å². The first-order chi connectivity index (χ1) is 12.3. The Bertz CT molecular complexity index is 477. The molecule has 1 N–H and O–H groups in total. The number of aliphatic hydroxyl groups is 1. The fourth-order valence-electron chi connectivity index (χ4n) is 3.23. The van der Waals surface area contributed by atoms with Gasteiger partial charge in [0, 0.05) is 19.1 Å². The summed E-state index contributed by atoms with van der Waals surface area (Å²) in [4.78, 5) is 4.51. The molecular formula is C17H27Cl3INO4. The first-order valence-corrected chi connectivity index (χ1v) is 11.5. The molecule has 0 aromatic carbocycles. The van der Waals surface area contributed by atoms with Crippen molar-refractivity contribution in [2.75, 3.05) is 19.8 Å². The SMILES string of the molecule is CCCCO[C@H]1[C@H](O)[C@H]2COC(C(Cl)(Cl)Cl)=N[C@H]2[C@H](I)[C@@H]1OCCCC. The fourth-order valence-corrected chi connectivity index (χ4v) is 4.85. The summed E-state index contributed by atoms with van der Waals surface area (Å²) >= 11 is 20.1. The zero-order valence-electron chi connectivity index (χ0n) is 15.0. The molecule has 0 amide bonds. The van der Waals surface area contributed by atoms with Gasteiger partial charge in [0.2, 0.25) is 5.90 Å². The molecule has 1 aliphatic carbocycles. The molecule has 1 aliphatic heterocycles. The number of unbranched alkanes of at least 4 members (excludes halogenated alkanes) is 2. The van der Waals surface area contributed by atoms with Crippen LogP contribution in [-0.2, 0) is 14.2 Å². The topological polar surface area (TPSA) is 60.3 Å². The van der Waals surface area contributed by atoms with Crippen LogP contribution in [0.5, 0.6) is 0 Å². The van der Waals surface area contributed by atoms with Gasteiger partial charge in [-0.25, -0.2) is 4.99 Å². The van der Waals surface area contributed by atoms with Crippen molar-refractivity contribution in [3.05, 3.63) is 0 Å². The van der Waals surface area contributed by atoms with E-state index in [4.69, 9.17) is 49.0 Å². The van der Waals surface area contributed by atoms with E-state index in [1.54, 1.807) is 0 Å². The summed E-state index contributed by atoms with van der Waals surface area (Å²) in [5, 5.41) is 10.9. The van der Waals surface area contributed by atoms with Gasteiger partial charge in [0.15, 0.2) is 0 Å². The average Bonchev–Trinajstić information content (AvgIpc) is 2.60. The third-order valence-electron chi connectivity index (χ3n) is 4.72. The van der Waals surface area contributed by atoms with Crippen LogP contribution < -0.4 is 0 Å². The Morgan fingerprint density at radius 2 is 1.73 bits per heavy atom. The summed E-state index contributed by atoms with van der Waals surface area (Å²) in [5.74, 6) is -0.138. The van der Waals surface area contributed by atoms with Crippen molar-refractivity contribution in [1.29, 1.82) is 0 Å². The van der Waals surface area contributed by atoms with E-state index in [1.807, 2.05) is 0 Å². The van der Waals surface area contributed by atoms with Gasteiger partial charge in [-0.15, -0.1) is 0 Å². The van der Waals surface area contributed by atoms with Crippen LogP contribution in [0.25, 0.3) is 0 Å². The minimum absolute atomic E-state index is 0.0178. The standard InChI is InChI=1S/C17H27Cl3INO4/c1-3-5-7-24-14-11(21)12-10(9-26-16(22-12)17(18,19)20)13(23)15(14)25-8-6-4-2/h10-15,23H,3-9H2,1-2H3/t10-,11-,12+,13+,14-,15-/m0/s1. The zero-order chi connectivity index (χ0) is 19.3. The predicted octanol–water partition coefficient (Wildman–Crippen LogP) is 4.32. The van der Waals surface area contributed by atoms with Gasteiger partial charge in [-0.05, 0) is 12.8 Å². The minimum atomic E-state index is -1.71. The molecule has 0 unspecified atom stereocenters. The molecule has 2 rings (SSSR count). The molecule has 1 fully saturated rings. The van der Waals surface area contributed by atoms with Crippen LogP contribution in [0.2, 0.25) is 0 Å². The maximum atomic E-state index is 10.9. The van der Waals surface area contributed by atoms with Crippen LogP contribution in [0.15, 0.2) is 4.99 Å². The maximum Gasteiger partial charge on any atom is 0.266 e. The van der Waals surface area contributed by atoms with E-state index in [-0.39, 0.29) is 34.5 Å². The minimum Gasteiger partial charge on any atom is -0.477 e. The van der Waals surface area contributed by atoms with Crippen molar-refractivity contribution in [2.24, 2.45) is 10.9 Å². The van der Waals surface area contributed by atoms with E-state index in [2.05, 4.69) is 41.4 Å². The lowest BCUT2D eigenvalue weighted by molar-refractivity contribution is -0.165. The predicted molar refractivity (Wildman–Crippen MR) is 114 cm³/mol. The van der Waals surface area contributed by atoms with E-state index in [0.29, 0.717) is 13.2 Å². The normalized spacial score (nSPS) is 34.8. The molecule has 0 aromatic rings. The Morgan fingerprint density at radius 1 is 1.15 bits per heavy atom. The lowest BCUT2D eigenvalue weighted by atomic mass is 9.78. The quantitative estimate of drug-likeness (QED) is 0.282. The molecule has 26 heavy (non-hydrogen) atoms. The van der Waals surface area contributed by atoms with Gasteiger partial charge in [-0.3, -0.25) is 0 Å². The van der Waals surface area contributed by atoms with Crippen LogP contribution in [0.1, 0.15) is 39.5 Å². The summed E-state index contributed by atoms with van der Waals surface area (Å²) in [6, 6.07) is -0.248. The number of nitrogens with zero attached hydrogens (tertiary/aromatic N) is 1. The second-order valence-electron chi connectivity index (χ2n) is 6.71. The summed E-state index contributed by atoms with van der Waals surface area (Å²) < 4.78 is 16.0. The largest absolute Gasteiger partial charge is 0.477 e. The van der Waals surface area contributed by atoms with E-state index in [9.17, 15) is 5.11 Å². The van der Waals surface area contributed by atoms with Crippen LogP contribution in [0, 0.1) is 5.92 Å². The first kappa shape index (κ1) is 23.2. The van der Waals surface area contributed by atoms with Crippen molar-refractivity contribution in [2.45, 2.75) is 71.6 Å². The van der Waals surface area contributed by atoms with Crippen molar-refractivity contribution < 1.29 is 19.3 Å². The zero-order valence-corrected chi connectivity index (χ0v) is 19.5. The van der Waals surface area contributed by atoms with Crippen molar-refractivity contribution in [1.82, 2.24) is 0 Å². The van der Waals surface area contributed by atoms with Gasteiger partial charge in [0.05, 0.1) is 28.8 Å². The lowest BCUT2D eigenvalue weighted by Crippen LogP contribution is -2.63. The monoisotopic (exact) mass is 541 g/mol. The second-order valence-corrected chi connectivity index (χ2v) is 10.4. The van der Waals surface area contributed by atoms with E-state index >= 15 is 0 Å². The number of hydrogen-bond acceptors (Lipinski definition) is 5. The van der Waals surface area contributed by atoms with E-state index < -0.39 is 16.0 Å². The number of aliphatic imine (C=N–C) groups is 1. The Labute approximate surface area is 184 Å². The molecule has 0 radical (unpaired) electrons. The van der Waals surface area contributed by atoms with Crippen LogP contribution in [0.4, 0.5) is 0 Å². The van der Waals surface area contributed by atoms with Gasteiger partial charge in [0.25, 0.3) is 3.79 Å². The molecule has 0 aromatic heterocycles. The van der Waals surface area contributed by atoms with Gasteiger partial charge in [-0.1, -0.05) is 84.1 Å². The maximum absolute atomic E-state index is 10.9. The number of ether oxygens (including phenoxy) is 3. The van der Waals surface area contributed by atoms with Gasteiger partial charge in [0.1, 0.15) is 6.10 Å². The number of alkyl halides is 4. The Morgan fingerprint density at radius 3 is 2.27 bits per heavy atom. The number of aliphatic hydroxyl groups excluding tert-OH is 1. The van der Waals surface area contributed by atoms with E-state index in [1.165, 1.54) is 0 Å². The molecule has 0 spiro atoms. The van der Waals surface area contributed by atoms with Crippen LogP contribution in [-0.4, -0.2) is 62.9 Å². The first-order valence-electron chi connectivity index (χ1n) is 9.14. The molecule has 2 aliphatic rings. The van der Waals surface area contributed by atoms with Crippen molar-refractivity contribution in [3.63, 3.8) is 0 Å². The molecule has 6 atom stereocenters. The van der Waals surface area contributed by atoms with E-state index in [0.717, 1.165) is 25.7 Å². The number of rotatable bonds is 8. The average molecular weight is 543 g/mol. The highest BCUT2D eigenvalue weighted by molar-refractivity contribution is 14.1. The van der Waals surface area contributed by atoms with Gasteiger partial charge in [-0.2, -0.15) is 0 Å². The van der Waals surface area contributed by atoms with Crippen LogP contribution >= 0.6 is 57.4 Å². The third kappa shape index (κ3) is 5.74. The molecule has 0 bridgehead atoms. The highest BCUT2D eigenvalue weighted by atomic mass is 127. The van der Waals surface area contributed by atoms with Crippen molar-refractivity contribution in [3.8, 4) is 0 Å². The lowest BCUT2D eigenvalue weighted by Gasteiger charge is -2.47. The molecule has 152 valence electrons. The number of fused-ring (bicyclic) bond motifs is 1. The second kappa shape index (κ2) is 10.6. The third-order valence-corrected chi connectivity index (χ3v) is 6.65. The molecule has 0 saturated heterocycles. The molecule has 1 saturated carbocycles. The van der Waals surface area contributed by atoms with Gasteiger partial charge >= 0.3 is 0 Å². The van der Waals surface area contributed by atoms with Crippen molar-refractivity contribution >= 4 is 63.3 Å². The highest BCUT2D eigenvalue weighted by Gasteiger charge is 2.53. The Kier molecular flexibility index (Phi) is 9.51. The van der Waals surface area contributed by atoms with Gasteiger partial charge < -0.3 is 19.3 Å². The summed E-state index contributed by atoms with van der Waals surface area (Å²) in [7, 11) is 0. The summed E-state index contributed by atoms with van der Waals surface area (Å²) in [6.07, 6.45) is 2.55. The number of hydrogen-bond donors (Lipinski definition) is 1. The molecule has 5 nitrogen and oxygen atoms in total. The molecular weight excluding hydrogens is 515 g/mol. The Balaban J connectivity index is 2.21. The smallest absolute Gasteiger partial charge is 0.266 e. The molecule has 1 heterocycles.